The van der Waals surface area contributed by atoms with Gasteiger partial charge in [-0.1, -0.05) is 19.9 Å². The first kappa shape index (κ1) is 22.2. The van der Waals surface area contributed by atoms with E-state index in [2.05, 4.69) is 0 Å². The van der Waals surface area contributed by atoms with Crippen LogP contribution in [0.25, 0.3) is 22.1 Å². The average molecular weight is 436 g/mol. The summed E-state index contributed by atoms with van der Waals surface area (Å²) in [5, 5.41) is -0.0952. The number of hydrogen-bond donors (Lipinski definition) is 0. The molecular weight excluding hydrogens is 417 g/mol. The van der Waals surface area contributed by atoms with Gasteiger partial charge in [-0.3, -0.25) is 9.59 Å². The summed E-state index contributed by atoms with van der Waals surface area (Å²) in [4.78, 5) is 24.8. The molecule has 0 saturated heterocycles. The molecule has 3 rings (SSSR count). The predicted molar refractivity (Wildman–Crippen MR) is 106 cm³/mol. The highest BCUT2D eigenvalue weighted by Crippen LogP contribution is 2.40. The molecule has 0 amide bonds. The number of carbonyl (C=O) groups excluding carboxylic acids is 1. The maximum absolute atomic E-state index is 13.8. The van der Waals surface area contributed by atoms with E-state index in [-0.39, 0.29) is 28.0 Å². The van der Waals surface area contributed by atoms with Crippen molar-refractivity contribution in [2.45, 2.75) is 20.0 Å². The van der Waals surface area contributed by atoms with Gasteiger partial charge in [-0.05, 0) is 29.8 Å². The highest BCUT2D eigenvalue weighted by Gasteiger charge is 2.39. The van der Waals surface area contributed by atoms with Crippen molar-refractivity contribution >= 4 is 16.9 Å². The number of esters is 1. The Morgan fingerprint density at radius 3 is 2.26 bits per heavy atom. The molecule has 31 heavy (non-hydrogen) atoms. The molecule has 0 saturated carbocycles. The Balaban J connectivity index is 2.26. The van der Waals surface area contributed by atoms with Crippen LogP contribution in [0.4, 0.5) is 13.2 Å². The summed E-state index contributed by atoms with van der Waals surface area (Å²) in [6.07, 6.45) is -4.96. The minimum atomic E-state index is -4.96. The van der Waals surface area contributed by atoms with E-state index >= 15 is 0 Å². The van der Waals surface area contributed by atoms with Crippen molar-refractivity contribution in [3.63, 3.8) is 0 Å². The van der Waals surface area contributed by atoms with E-state index < -0.39 is 34.8 Å². The number of benzene rings is 2. The smallest absolute Gasteiger partial charge is 0.450 e. The van der Waals surface area contributed by atoms with Crippen LogP contribution < -0.4 is 19.6 Å². The van der Waals surface area contributed by atoms with Crippen molar-refractivity contribution in [1.29, 1.82) is 0 Å². The van der Waals surface area contributed by atoms with Crippen LogP contribution in [0.5, 0.6) is 17.2 Å². The molecule has 2 aromatic carbocycles. The van der Waals surface area contributed by atoms with Gasteiger partial charge in [0.2, 0.25) is 11.2 Å². The van der Waals surface area contributed by atoms with Crippen LogP contribution in [0.3, 0.4) is 0 Å². The molecule has 0 unspecified atom stereocenters. The third kappa shape index (κ3) is 4.35. The first-order valence-electron chi connectivity index (χ1n) is 9.19. The molecule has 0 atom stereocenters. The molecule has 3 aromatic rings. The molecule has 1 aromatic heterocycles. The van der Waals surface area contributed by atoms with Crippen LogP contribution in [0.15, 0.2) is 45.6 Å². The fourth-order valence-electron chi connectivity index (χ4n) is 2.92. The van der Waals surface area contributed by atoms with Gasteiger partial charge in [0, 0.05) is 6.07 Å². The van der Waals surface area contributed by atoms with E-state index in [1.54, 1.807) is 13.8 Å². The Kier molecular flexibility index (Phi) is 5.97. The van der Waals surface area contributed by atoms with Gasteiger partial charge in [-0.25, -0.2) is 0 Å². The zero-order chi connectivity index (χ0) is 22.9. The SMILES string of the molecule is COc1ccc(-c2c(C(F)(F)F)oc3cc(OC(=O)C(C)C)ccc3c2=O)cc1OC. The minimum Gasteiger partial charge on any atom is -0.493 e. The Hall–Kier alpha value is -3.49. The number of fused-ring (bicyclic) bond motifs is 1. The van der Waals surface area contributed by atoms with Crippen LogP contribution in [0, 0.1) is 5.92 Å². The standard InChI is InChI=1S/C22H19F3O6/c1-11(2)21(27)30-13-6-7-14-16(10-13)31-20(22(23,24)25)18(19(14)26)12-5-8-15(28-3)17(9-12)29-4/h5-11H,1-4H3. The normalized spacial score (nSPS) is 11.6. The fourth-order valence-corrected chi connectivity index (χ4v) is 2.92. The maximum Gasteiger partial charge on any atom is 0.450 e. The minimum absolute atomic E-state index is 0.0265. The van der Waals surface area contributed by atoms with E-state index in [1.807, 2.05) is 0 Å². The zero-order valence-electron chi connectivity index (χ0n) is 17.1. The second-order valence-electron chi connectivity index (χ2n) is 6.94. The number of halogens is 3. The van der Waals surface area contributed by atoms with E-state index in [0.717, 1.165) is 6.07 Å². The van der Waals surface area contributed by atoms with E-state index in [1.165, 1.54) is 44.6 Å². The average Bonchev–Trinajstić information content (AvgIpc) is 2.72. The Labute approximate surface area is 175 Å². The highest BCUT2D eigenvalue weighted by molar-refractivity contribution is 5.85. The lowest BCUT2D eigenvalue weighted by Crippen LogP contribution is -2.17. The van der Waals surface area contributed by atoms with Crippen LogP contribution in [-0.4, -0.2) is 20.2 Å². The van der Waals surface area contributed by atoms with Gasteiger partial charge in [0.1, 0.15) is 11.3 Å². The summed E-state index contributed by atoms with van der Waals surface area (Å²) in [5.41, 5.74) is -1.94. The molecule has 0 N–H and O–H groups in total. The van der Waals surface area contributed by atoms with E-state index in [0.29, 0.717) is 5.75 Å². The van der Waals surface area contributed by atoms with Gasteiger partial charge in [-0.15, -0.1) is 0 Å². The number of ether oxygens (including phenoxy) is 3. The molecule has 0 bridgehead atoms. The van der Waals surface area contributed by atoms with Gasteiger partial charge in [0.15, 0.2) is 11.5 Å². The van der Waals surface area contributed by atoms with Gasteiger partial charge in [0.25, 0.3) is 0 Å². The fraction of sp³-hybridized carbons (Fsp3) is 0.273. The number of rotatable bonds is 5. The largest absolute Gasteiger partial charge is 0.493 e. The molecule has 0 fully saturated rings. The first-order chi connectivity index (χ1) is 14.6. The summed E-state index contributed by atoms with van der Waals surface area (Å²) >= 11 is 0. The lowest BCUT2D eigenvalue weighted by Gasteiger charge is -2.15. The van der Waals surface area contributed by atoms with Crippen molar-refractivity contribution in [1.82, 2.24) is 0 Å². The molecule has 1 heterocycles. The quantitative estimate of drug-likeness (QED) is 0.411. The summed E-state index contributed by atoms with van der Waals surface area (Å²) < 4.78 is 61.9. The number of carbonyl (C=O) groups is 1. The second-order valence-corrected chi connectivity index (χ2v) is 6.94. The van der Waals surface area contributed by atoms with Crippen molar-refractivity contribution in [2.24, 2.45) is 5.92 Å². The summed E-state index contributed by atoms with van der Waals surface area (Å²) in [7, 11) is 2.71. The molecule has 9 heteroatoms. The van der Waals surface area contributed by atoms with Crippen LogP contribution in [-0.2, 0) is 11.0 Å². The second kappa shape index (κ2) is 8.33. The predicted octanol–water partition coefficient (Wildman–Crippen LogP) is 5.06. The molecular formula is C22H19F3O6. The Morgan fingerprint density at radius 2 is 1.68 bits per heavy atom. The number of alkyl halides is 3. The van der Waals surface area contributed by atoms with E-state index in [4.69, 9.17) is 18.6 Å². The van der Waals surface area contributed by atoms with Crippen molar-refractivity contribution in [2.75, 3.05) is 14.2 Å². The lowest BCUT2D eigenvalue weighted by atomic mass is 10.0. The van der Waals surface area contributed by atoms with Gasteiger partial charge >= 0.3 is 12.1 Å². The van der Waals surface area contributed by atoms with Gasteiger partial charge in [0.05, 0.1) is 31.1 Å². The van der Waals surface area contributed by atoms with Crippen LogP contribution >= 0.6 is 0 Å². The van der Waals surface area contributed by atoms with E-state index in [9.17, 15) is 22.8 Å². The van der Waals surface area contributed by atoms with Gasteiger partial charge in [-0.2, -0.15) is 13.2 Å². The Morgan fingerprint density at radius 1 is 1.00 bits per heavy atom. The lowest BCUT2D eigenvalue weighted by molar-refractivity contribution is -0.152. The summed E-state index contributed by atoms with van der Waals surface area (Å²) in [5.74, 6) is -2.06. The summed E-state index contributed by atoms with van der Waals surface area (Å²) in [6, 6.07) is 7.65. The molecule has 0 radical (unpaired) electrons. The molecule has 0 aliphatic carbocycles. The molecule has 6 nitrogen and oxygen atoms in total. The number of hydrogen-bond acceptors (Lipinski definition) is 6. The number of methoxy groups -OCH3 is 2. The van der Waals surface area contributed by atoms with Crippen LogP contribution in [0.2, 0.25) is 0 Å². The monoisotopic (exact) mass is 436 g/mol. The van der Waals surface area contributed by atoms with Crippen molar-refractivity contribution < 1.29 is 36.6 Å². The topological polar surface area (TPSA) is 75.0 Å². The first-order valence-corrected chi connectivity index (χ1v) is 9.19. The van der Waals surface area contributed by atoms with Crippen molar-refractivity contribution in [3.05, 3.63) is 52.4 Å². The van der Waals surface area contributed by atoms with Gasteiger partial charge < -0.3 is 18.6 Å². The van der Waals surface area contributed by atoms with Crippen LogP contribution in [0.1, 0.15) is 19.6 Å². The maximum atomic E-state index is 13.8. The summed E-state index contributed by atoms with van der Waals surface area (Å²) in [6.45, 7) is 3.22. The molecule has 164 valence electrons. The molecule has 0 aliphatic heterocycles. The highest BCUT2D eigenvalue weighted by atomic mass is 19.4. The molecule has 0 aliphatic rings. The van der Waals surface area contributed by atoms with Crippen molar-refractivity contribution in [3.8, 4) is 28.4 Å². The molecule has 0 spiro atoms. The third-order valence-corrected chi connectivity index (χ3v) is 4.48. The third-order valence-electron chi connectivity index (χ3n) is 4.48. The Bertz CT molecular complexity index is 1190. The zero-order valence-corrected chi connectivity index (χ0v) is 17.1.